The first-order valence-electron chi connectivity index (χ1n) is 4.99. The van der Waals surface area contributed by atoms with Gasteiger partial charge in [-0.1, -0.05) is 0 Å². The van der Waals surface area contributed by atoms with E-state index in [9.17, 15) is 10.2 Å². The normalized spacial score (nSPS) is 41.5. The molecule has 4 heteroatoms. The number of aliphatic hydroxyl groups excluding tert-OH is 2. The zero-order chi connectivity index (χ0) is 9.31. The molecule has 2 heterocycles. The van der Waals surface area contributed by atoms with Gasteiger partial charge in [0.1, 0.15) is 5.66 Å². The van der Waals surface area contributed by atoms with Crippen LogP contribution in [-0.4, -0.2) is 53.1 Å². The minimum absolute atomic E-state index is 0.0969. The predicted molar refractivity (Wildman–Crippen MR) is 48.2 cm³/mol. The van der Waals surface area contributed by atoms with E-state index in [2.05, 4.69) is 10.2 Å². The van der Waals surface area contributed by atoms with Gasteiger partial charge in [0.25, 0.3) is 0 Å². The molecule has 13 heavy (non-hydrogen) atoms. The van der Waals surface area contributed by atoms with Gasteiger partial charge in [0.05, 0.1) is 12.7 Å². The van der Waals surface area contributed by atoms with Crippen molar-refractivity contribution in [3.63, 3.8) is 0 Å². The molecule has 0 aliphatic carbocycles. The lowest BCUT2D eigenvalue weighted by atomic mass is 10.1. The molecule has 2 atom stereocenters. The fraction of sp³-hybridized carbons (Fsp3) is 1.00. The van der Waals surface area contributed by atoms with Gasteiger partial charge in [-0.2, -0.15) is 0 Å². The maximum atomic E-state index is 9.40. The summed E-state index contributed by atoms with van der Waals surface area (Å²) in [5.74, 6) is 0. The quantitative estimate of drug-likeness (QED) is 0.588. The maximum absolute atomic E-state index is 9.40. The van der Waals surface area contributed by atoms with Crippen molar-refractivity contribution >= 4 is 0 Å². The van der Waals surface area contributed by atoms with Crippen molar-refractivity contribution in [3.8, 4) is 0 Å². The molecule has 0 aromatic heterocycles. The van der Waals surface area contributed by atoms with Gasteiger partial charge < -0.3 is 10.2 Å². The molecule has 2 saturated heterocycles. The SMILES string of the molecule is OCC1(N2CCC(O)C2)CCC[N]1. The van der Waals surface area contributed by atoms with Gasteiger partial charge in [-0.05, 0) is 19.3 Å². The fourth-order valence-corrected chi connectivity index (χ4v) is 2.34. The van der Waals surface area contributed by atoms with Crippen LogP contribution in [0.3, 0.4) is 0 Å². The van der Waals surface area contributed by atoms with E-state index in [1.54, 1.807) is 0 Å². The summed E-state index contributed by atoms with van der Waals surface area (Å²) in [4.78, 5) is 2.13. The van der Waals surface area contributed by atoms with Crippen LogP contribution in [0.15, 0.2) is 0 Å². The first-order valence-corrected chi connectivity index (χ1v) is 4.99. The van der Waals surface area contributed by atoms with E-state index in [0.29, 0.717) is 6.54 Å². The molecule has 0 spiro atoms. The van der Waals surface area contributed by atoms with Crippen molar-refractivity contribution in [2.24, 2.45) is 0 Å². The third kappa shape index (κ3) is 1.59. The highest BCUT2D eigenvalue weighted by molar-refractivity contribution is 4.95. The number of nitrogens with zero attached hydrogens (tertiary/aromatic N) is 2. The van der Waals surface area contributed by atoms with Gasteiger partial charge in [0.15, 0.2) is 0 Å². The Morgan fingerprint density at radius 3 is 2.85 bits per heavy atom. The Balaban J connectivity index is 2.03. The Kier molecular flexibility index (Phi) is 2.55. The van der Waals surface area contributed by atoms with Gasteiger partial charge in [0.2, 0.25) is 0 Å². The first kappa shape index (κ1) is 9.40. The van der Waals surface area contributed by atoms with E-state index in [-0.39, 0.29) is 18.4 Å². The standard InChI is InChI=1S/C9H17N2O2/c12-7-9(3-1-4-10-9)11-5-2-8(13)6-11/h8,12-13H,1-7H2. The van der Waals surface area contributed by atoms with Crippen LogP contribution in [0, 0.1) is 0 Å². The lowest BCUT2D eigenvalue weighted by Crippen LogP contribution is -2.54. The predicted octanol–water partition coefficient (Wildman–Crippen LogP) is -0.860. The highest BCUT2D eigenvalue weighted by atomic mass is 16.3. The van der Waals surface area contributed by atoms with Gasteiger partial charge in [0, 0.05) is 19.6 Å². The summed E-state index contributed by atoms with van der Waals surface area (Å²) < 4.78 is 0. The molecule has 2 aliphatic rings. The number of likely N-dealkylation sites (tertiary alicyclic amines) is 1. The van der Waals surface area contributed by atoms with E-state index in [1.807, 2.05) is 0 Å². The van der Waals surface area contributed by atoms with Crippen LogP contribution in [0.5, 0.6) is 0 Å². The van der Waals surface area contributed by atoms with Gasteiger partial charge in [-0.15, -0.1) is 0 Å². The Morgan fingerprint density at radius 1 is 1.54 bits per heavy atom. The summed E-state index contributed by atoms with van der Waals surface area (Å²) in [5.41, 5.74) is -0.350. The molecule has 2 fully saturated rings. The van der Waals surface area contributed by atoms with Gasteiger partial charge >= 0.3 is 0 Å². The molecule has 2 aliphatic heterocycles. The molecule has 75 valence electrons. The molecule has 0 amide bonds. The molecule has 0 aromatic rings. The fourth-order valence-electron chi connectivity index (χ4n) is 2.34. The van der Waals surface area contributed by atoms with Crippen molar-refractivity contribution in [2.75, 3.05) is 26.2 Å². The number of hydrogen-bond donors (Lipinski definition) is 2. The summed E-state index contributed by atoms with van der Waals surface area (Å²) in [6.45, 7) is 2.49. The zero-order valence-corrected chi connectivity index (χ0v) is 7.82. The van der Waals surface area contributed by atoms with Crippen molar-refractivity contribution in [3.05, 3.63) is 0 Å². The van der Waals surface area contributed by atoms with E-state index in [1.165, 1.54) is 0 Å². The zero-order valence-electron chi connectivity index (χ0n) is 7.82. The van der Waals surface area contributed by atoms with E-state index in [4.69, 9.17) is 0 Å². The summed E-state index contributed by atoms with van der Waals surface area (Å²) in [6, 6.07) is 0. The topological polar surface area (TPSA) is 57.8 Å². The average Bonchev–Trinajstić information content (AvgIpc) is 2.73. The molecule has 0 aromatic carbocycles. The minimum Gasteiger partial charge on any atom is -0.393 e. The Labute approximate surface area is 78.5 Å². The third-order valence-corrected chi connectivity index (χ3v) is 3.15. The smallest absolute Gasteiger partial charge is 0.111 e. The van der Waals surface area contributed by atoms with E-state index < -0.39 is 0 Å². The second-order valence-electron chi connectivity index (χ2n) is 4.01. The van der Waals surface area contributed by atoms with E-state index in [0.717, 1.165) is 32.4 Å². The van der Waals surface area contributed by atoms with Gasteiger partial charge in [-0.25, -0.2) is 5.32 Å². The summed E-state index contributed by atoms with van der Waals surface area (Å²) in [7, 11) is 0. The van der Waals surface area contributed by atoms with Crippen LogP contribution in [0.2, 0.25) is 0 Å². The Hall–Kier alpha value is -0.160. The van der Waals surface area contributed by atoms with Crippen LogP contribution < -0.4 is 5.32 Å². The van der Waals surface area contributed by atoms with Crippen molar-refractivity contribution < 1.29 is 10.2 Å². The highest BCUT2D eigenvalue weighted by Crippen LogP contribution is 2.28. The summed E-state index contributed by atoms with van der Waals surface area (Å²) in [5, 5.41) is 23.2. The van der Waals surface area contributed by atoms with Crippen LogP contribution >= 0.6 is 0 Å². The molecular formula is C9H17N2O2. The van der Waals surface area contributed by atoms with E-state index >= 15 is 0 Å². The molecular weight excluding hydrogens is 168 g/mol. The summed E-state index contributed by atoms with van der Waals surface area (Å²) >= 11 is 0. The van der Waals surface area contributed by atoms with Crippen LogP contribution in [0.1, 0.15) is 19.3 Å². The Morgan fingerprint density at radius 2 is 2.38 bits per heavy atom. The third-order valence-electron chi connectivity index (χ3n) is 3.15. The molecule has 0 saturated carbocycles. The molecule has 0 bridgehead atoms. The monoisotopic (exact) mass is 185 g/mol. The number of β-amino-alcohol motifs (C(OH)–C–C–N with tert-alkyl or cyclic N) is 1. The molecule has 2 N–H and O–H groups in total. The van der Waals surface area contributed by atoms with Crippen molar-refractivity contribution in [2.45, 2.75) is 31.0 Å². The van der Waals surface area contributed by atoms with Crippen LogP contribution in [-0.2, 0) is 0 Å². The van der Waals surface area contributed by atoms with Crippen LogP contribution in [0.25, 0.3) is 0 Å². The largest absolute Gasteiger partial charge is 0.393 e. The lowest BCUT2D eigenvalue weighted by Gasteiger charge is -2.35. The molecule has 4 nitrogen and oxygen atoms in total. The van der Waals surface area contributed by atoms with Crippen molar-refractivity contribution in [1.82, 2.24) is 10.2 Å². The minimum atomic E-state index is -0.350. The number of hydrogen-bond acceptors (Lipinski definition) is 3. The molecule has 2 unspecified atom stereocenters. The second kappa shape index (κ2) is 3.53. The average molecular weight is 185 g/mol. The molecule has 1 radical (unpaired) electrons. The number of rotatable bonds is 2. The first-order chi connectivity index (χ1) is 6.27. The van der Waals surface area contributed by atoms with Crippen molar-refractivity contribution in [1.29, 1.82) is 0 Å². The number of aliphatic hydroxyl groups is 2. The van der Waals surface area contributed by atoms with Gasteiger partial charge in [-0.3, -0.25) is 4.90 Å². The molecule has 2 rings (SSSR count). The second-order valence-corrected chi connectivity index (χ2v) is 4.01. The highest BCUT2D eigenvalue weighted by Gasteiger charge is 2.42. The lowest BCUT2D eigenvalue weighted by molar-refractivity contribution is 0.0223. The summed E-state index contributed by atoms with van der Waals surface area (Å²) in [6.07, 6.45) is 2.60. The van der Waals surface area contributed by atoms with Crippen LogP contribution in [0.4, 0.5) is 0 Å². The Bertz CT molecular complexity index is 180. The maximum Gasteiger partial charge on any atom is 0.111 e.